The average molecular weight is 306 g/mol. The number of hydrogen-bond acceptors (Lipinski definition) is 6. The van der Waals surface area contributed by atoms with Gasteiger partial charge in [0.1, 0.15) is 5.54 Å². The third-order valence-corrected chi connectivity index (χ3v) is 5.38. The van der Waals surface area contributed by atoms with Crippen LogP contribution in [0.25, 0.3) is 0 Å². The Kier molecular flexibility index (Phi) is 6.42. The molecule has 1 N–H and O–H groups in total. The summed E-state index contributed by atoms with van der Waals surface area (Å²) in [6, 6.07) is 0. The number of nitrogens with one attached hydrogen (secondary N) is 1. The topological polar surface area (TPSA) is 75.7 Å². The smallest absolute Gasteiger partial charge is 0.325 e. The van der Waals surface area contributed by atoms with Crippen molar-refractivity contribution in [2.45, 2.75) is 32.2 Å². The second kappa shape index (κ2) is 7.38. The fourth-order valence-corrected chi connectivity index (χ4v) is 3.52. The van der Waals surface area contributed by atoms with E-state index in [0.717, 1.165) is 13.0 Å². The predicted molar refractivity (Wildman–Crippen MR) is 78.4 cm³/mol. The van der Waals surface area contributed by atoms with Gasteiger partial charge in [-0.1, -0.05) is 6.92 Å². The second-order valence-electron chi connectivity index (χ2n) is 5.49. The highest BCUT2D eigenvalue weighted by atomic mass is 32.2. The van der Waals surface area contributed by atoms with Gasteiger partial charge in [0.2, 0.25) is 0 Å². The van der Waals surface area contributed by atoms with E-state index in [1.807, 2.05) is 13.8 Å². The predicted octanol–water partition coefficient (Wildman–Crippen LogP) is 0.0382. The highest BCUT2D eigenvalue weighted by molar-refractivity contribution is 7.91. The van der Waals surface area contributed by atoms with Crippen molar-refractivity contribution in [3.8, 4) is 0 Å². The summed E-state index contributed by atoms with van der Waals surface area (Å²) in [5, 5.41) is 3.23. The highest BCUT2D eigenvalue weighted by Gasteiger charge is 2.34. The van der Waals surface area contributed by atoms with Gasteiger partial charge in [0.25, 0.3) is 0 Å². The summed E-state index contributed by atoms with van der Waals surface area (Å²) >= 11 is 0. The number of esters is 1. The third kappa shape index (κ3) is 5.03. The first-order valence-electron chi connectivity index (χ1n) is 7.09. The molecule has 0 spiro atoms. The van der Waals surface area contributed by atoms with Crippen LogP contribution in [0.15, 0.2) is 0 Å². The van der Waals surface area contributed by atoms with E-state index in [1.165, 1.54) is 7.11 Å². The van der Waals surface area contributed by atoms with Gasteiger partial charge in [-0.2, -0.15) is 0 Å². The monoisotopic (exact) mass is 306 g/mol. The quantitative estimate of drug-likeness (QED) is 0.669. The van der Waals surface area contributed by atoms with Gasteiger partial charge >= 0.3 is 5.97 Å². The number of rotatable bonds is 7. The summed E-state index contributed by atoms with van der Waals surface area (Å²) < 4.78 is 27.6. The van der Waals surface area contributed by atoms with Crippen molar-refractivity contribution in [3.05, 3.63) is 0 Å². The third-order valence-electron chi connectivity index (χ3n) is 3.77. The molecule has 1 saturated heterocycles. The molecule has 0 aromatic heterocycles. The normalized spacial score (nSPS) is 22.1. The molecule has 118 valence electrons. The van der Waals surface area contributed by atoms with E-state index in [0.29, 0.717) is 26.1 Å². The van der Waals surface area contributed by atoms with Crippen molar-refractivity contribution >= 4 is 15.8 Å². The Morgan fingerprint density at radius 2 is 1.95 bits per heavy atom. The average Bonchev–Trinajstić information content (AvgIpc) is 2.43. The second-order valence-corrected chi connectivity index (χ2v) is 7.80. The van der Waals surface area contributed by atoms with Gasteiger partial charge in [-0.15, -0.1) is 0 Å². The van der Waals surface area contributed by atoms with Crippen LogP contribution in [0.3, 0.4) is 0 Å². The highest BCUT2D eigenvalue weighted by Crippen LogP contribution is 2.14. The summed E-state index contributed by atoms with van der Waals surface area (Å²) in [5.41, 5.74) is -0.707. The van der Waals surface area contributed by atoms with E-state index >= 15 is 0 Å². The Balaban J connectivity index is 2.52. The van der Waals surface area contributed by atoms with Crippen molar-refractivity contribution in [2.24, 2.45) is 0 Å². The lowest BCUT2D eigenvalue weighted by Gasteiger charge is -2.32. The first-order valence-corrected chi connectivity index (χ1v) is 8.91. The molecule has 1 fully saturated rings. The summed E-state index contributed by atoms with van der Waals surface area (Å²) in [6.07, 6.45) is 1.55. The van der Waals surface area contributed by atoms with Crippen LogP contribution in [0, 0.1) is 0 Å². The number of ether oxygens (including phenoxy) is 1. The zero-order chi connectivity index (χ0) is 15.2. The zero-order valence-electron chi connectivity index (χ0n) is 12.6. The SMILES string of the molecule is CCCNC(C)(CCN1CCS(=O)(=O)CC1)C(=O)OC. The fourth-order valence-electron chi connectivity index (χ4n) is 2.24. The number of hydrogen-bond donors (Lipinski definition) is 1. The first kappa shape index (κ1) is 17.4. The van der Waals surface area contributed by atoms with Crippen LogP contribution in [-0.4, -0.2) is 69.6 Å². The Labute approximate surface area is 121 Å². The molecule has 6 nitrogen and oxygen atoms in total. The minimum Gasteiger partial charge on any atom is -0.468 e. The summed E-state index contributed by atoms with van der Waals surface area (Å²) in [4.78, 5) is 14.0. The van der Waals surface area contributed by atoms with Crippen LogP contribution < -0.4 is 5.32 Å². The van der Waals surface area contributed by atoms with Crippen molar-refractivity contribution < 1.29 is 17.9 Å². The van der Waals surface area contributed by atoms with E-state index in [1.54, 1.807) is 0 Å². The van der Waals surface area contributed by atoms with Crippen molar-refractivity contribution in [3.63, 3.8) is 0 Å². The molecule has 1 heterocycles. The zero-order valence-corrected chi connectivity index (χ0v) is 13.5. The summed E-state index contributed by atoms with van der Waals surface area (Å²) in [7, 11) is -1.46. The number of nitrogens with zero attached hydrogens (tertiary/aromatic N) is 1. The Morgan fingerprint density at radius 1 is 1.35 bits per heavy atom. The molecule has 7 heteroatoms. The van der Waals surface area contributed by atoms with Crippen molar-refractivity contribution in [1.82, 2.24) is 10.2 Å². The van der Waals surface area contributed by atoms with Gasteiger partial charge in [-0.05, 0) is 26.3 Å². The van der Waals surface area contributed by atoms with E-state index in [2.05, 4.69) is 10.2 Å². The number of carbonyl (C=O) groups excluding carboxylic acids is 1. The minimum atomic E-state index is -2.85. The van der Waals surface area contributed by atoms with Gasteiger partial charge in [0.15, 0.2) is 9.84 Å². The molecule has 0 amide bonds. The molecule has 0 aliphatic carbocycles. The molecular weight excluding hydrogens is 280 g/mol. The van der Waals surface area contributed by atoms with Crippen molar-refractivity contribution in [1.29, 1.82) is 0 Å². The Bertz CT molecular complexity index is 410. The van der Waals surface area contributed by atoms with Gasteiger partial charge in [-0.3, -0.25) is 4.79 Å². The number of sulfone groups is 1. The summed E-state index contributed by atoms with van der Waals surface area (Å²) in [6.45, 7) is 6.42. The molecular formula is C13H26N2O4S. The fraction of sp³-hybridized carbons (Fsp3) is 0.923. The molecule has 0 aromatic rings. The van der Waals surface area contributed by atoms with Gasteiger partial charge in [-0.25, -0.2) is 8.42 Å². The van der Waals surface area contributed by atoms with Gasteiger partial charge < -0.3 is 15.0 Å². The molecule has 1 rings (SSSR count). The van der Waals surface area contributed by atoms with Crippen molar-refractivity contribution in [2.75, 3.05) is 44.8 Å². The van der Waals surface area contributed by atoms with Crippen LogP contribution in [0.5, 0.6) is 0 Å². The summed E-state index contributed by atoms with van der Waals surface area (Å²) in [5.74, 6) is 0.157. The maximum absolute atomic E-state index is 11.9. The van der Waals surface area contributed by atoms with Crippen LogP contribution in [0.1, 0.15) is 26.7 Å². The molecule has 20 heavy (non-hydrogen) atoms. The first-order chi connectivity index (χ1) is 9.33. The lowest BCUT2D eigenvalue weighted by molar-refractivity contribution is -0.148. The van der Waals surface area contributed by atoms with Crippen LogP contribution >= 0.6 is 0 Å². The molecule has 0 aromatic carbocycles. The van der Waals surface area contributed by atoms with E-state index in [-0.39, 0.29) is 17.5 Å². The maximum atomic E-state index is 11.9. The Morgan fingerprint density at radius 3 is 2.45 bits per heavy atom. The minimum absolute atomic E-state index is 0.213. The molecule has 1 atom stereocenters. The lowest BCUT2D eigenvalue weighted by Crippen LogP contribution is -2.53. The molecule has 1 unspecified atom stereocenters. The largest absolute Gasteiger partial charge is 0.468 e. The number of carbonyl (C=O) groups is 1. The molecule has 0 bridgehead atoms. The van der Waals surface area contributed by atoms with Crippen LogP contribution in [0.2, 0.25) is 0 Å². The van der Waals surface area contributed by atoms with E-state index in [4.69, 9.17) is 4.74 Å². The van der Waals surface area contributed by atoms with Crippen LogP contribution in [-0.2, 0) is 19.4 Å². The lowest BCUT2D eigenvalue weighted by atomic mass is 9.97. The standard InChI is InChI=1S/C13H26N2O4S/c1-4-6-14-13(2,12(16)19-3)5-7-15-8-10-20(17,18)11-9-15/h14H,4-11H2,1-3H3. The Hall–Kier alpha value is -0.660. The molecule has 0 saturated carbocycles. The van der Waals surface area contributed by atoms with Crippen LogP contribution in [0.4, 0.5) is 0 Å². The molecule has 1 aliphatic heterocycles. The maximum Gasteiger partial charge on any atom is 0.325 e. The molecule has 0 radical (unpaired) electrons. The van der Waals surface area contributed by atoms with Gasteiger partial charge in [0, 0.05) is 19.6 Å². The van der Waals surface area contributed by atoms with Gasteiger partial charge in [0.05, 0.1) is 18.6 Å². The number of methoxy groups -OCH3 is 1. The molecule has 1 aliphatic rings. The van der Waals surface area contributed by atoms with E-state index in [9.17, 15) is 13.2 Å². The van der Waals surface area contributed by atoms with E-state index < -0.39 is 15.4 Å².